The molecule has 0 atom stereocenters. The number of amides is 1. The number of benzene rings is 2. The van der Waals surface area contributed by atoms with E-state index in [2.05, 4.69) is 10.5 Å². The van der Waals surface area contributed by atoms with E-state index in [-0.39, 0.29) is 23.8 Å². The average molecular weight is 313 g/mol. The van der Waals surface area contributed by atoms with Crippen LogP contribution in [0.1, 0.15) is 17.5 Å². The highest BCUT2D eigenvalue weighted by atomic mass is 16.6. The number of nitrogens with one attached hydrogen (secondary N) is 1. The maximum Gasteiger partial charge on any atom is 0.270 e. The second-order valence-electron chi connectivity index (χ2n) is 4.77. The Balaban J connectivity index is 1.85. The smallest absolute Gasteiger partial charge is 0.270 e. The van der Waals surface area contributed by atoms with Gasteiger partial charge in [0.25, 0.3) is 5.69 Å². The highest BCUT2D eigenvalue weighted by Crippen LogP contribution is 2.17. The third kappa shape index (κ3) is 4.92. The van der Waals surface area contributed by atoms with Gasteiger partial charge in [-0.1, -0.05) is 30.3 Å². The van der Waals surface area contributed by atoms with Crippen molar-refractivity contribution in [1.29, 1.82) is 0 Å². The standard InChI is InChI=1S/C16H15N3O4/c20-15-7-2-1-5-13(15)8-9-16(21)18-17-11-12-4-3-6-14(10-12)19(22)23/h1-7,10-11,20H,8-9H2,(H,18,21)/b17-11+. The lowest BCUT2D eigenvalue weighted by Gasteiger charge is -2.03. The zero-order valence-electron chi connectivity index (χ0n) is 12.2. The number of rotatable bonds is 6. The highest BCUT2D eigenvalue weighted by molar-refractivity contribution is 5.83. The zero-order chi connectivity index (χ0) is 16.7. The van der Waals surface area contributed by atoms with Crippen LogP contribution in [-0.2, 0) is 11.2 Å². The van der Waals surface area contributed by atoms with E-state index < -0.39 is 4.92 Å². The maximum absolute atomic E-state index is 11.7. The average Bonchev–Trinajstić information content (AvgIpc) is 2.54. The predicted octanol–water partition coefficient (Wildman–Crippen LogP) is 2.38. The van der Waals surface area contributed by atoms with Crippen molar-refractivity contribution >= 4 is 17.8 Å². The molecule has 0 heterocycles. The Labute approximate surface area is 132 Å². The molecule has 0 unspecified atom stereocenters. The lowest BCUT2D eigenvalue weighted by atomic mass is 10.1. The summed E-state index contributed by atoms with van der Waals surface area (Å²) < 4.78 is 0. The first-order chi connectivity index (χ1) is 11.1. The number of carbonyl (C=O) groups excluding carboxylic acids is 1. The van der Waals surface area contributed by atoms with Crippen molar-refractivity contribution in [3.05, 3.63) is 69.8 Å². The van der Waals surface area contributed by atoms with Crippen LogP contribution in [0.15, 0.2) is 53.6 Å². The minimum atomic E-state index is -0.498. The Bertz CT molecular complexity index is 744. The number of hydrogen-bond acceptors (Lipinski definition) is 5. The van der Waals surface area contributed by atoms with E-state index in [1.165, 1.54) is 18.3 Å². The molecule has 118 valence electrons. The van der Waals surface area contributed by atoms with Gasteiger partial charge in [-0.2, -0.15) is 5.10 Å². The van der Waals surface area contributed by atoms with Gasteiger partial charge in [0.2, 0.25) is 5.91 Å². The van der Waals surface area contributed by atoms with Crippen molar-refractivity contribution in [1.82, 2.24) is 5.43 Å². The molecule has 7 nitrogen and oxygen atoms in total. The molecule has 0 spiro atoms. The fraction of sp³-hybridized carbons (Fsp3) is 0.125. The van der Waals surface area contributed by atoms with Gasteiger partial charge in [0, 0.05) is 24.1 Å². The van der Waals surface area contributed by atoms with Gasteiger partial charge in [0.05, 0.1) is 11.1 Å². The lowest BCUT2D eigenvalue weighted by Crippen LogP contribution is -2.17. The number of aryl methyl sites for hydroxylation is 1. The third-order valence-electron chi connectivity index (χ3n) is 3.10. The fourth-order valence-electron chi connectivity index (χ4n) is 1.92. The summed E-state index contributed by atoms with van der Waals surface area (Å²) in [5.74, 6) is -0.157. The summed E-state index contributed by atoms with van der Waals surface area (Å²) >= 11 is 0. The topological polar surface area (TPSA) is 105 Å². The number of nitro benzene ring substituents is 1. The van der Waals surface area contributed by atoms with E-state index in [4.69, 9.17) is 0 Å². The van der Waals surface area contributed by atoms with Crippen molar-refractivity contribution < 1.29 is 14.8 Å². The Hall–Kier alpha value is -3.22. The first-order valence-electron chi connectivity index (χ1n) is 6.89. The second kappa shape index (κ2) is 7.69. The van der Waals surface area contributed by atoms with E-state index in [0.29, 0.717) is 17.5 Å². The molecule has 2 N–H and O–H groups in total. The number of hydrazone groups is 1. The quantitative estimate of drug-likeness (QED) is 0.485. The largest absolute Gasteiger partial charge is 0.508 e. The molecule has 1 amide bonds. The van der Waals surface area contributed by atoms with Gasteiger partial charge in [-0.15, -0.1) is 0 Å². The van der Waals surface area contributed by atoms with Gasteiger partial charge in [0.1, 0.15) is 5.75 Å². The second-order valence-corrected chi connectivity index (χ2v) is 4.77. The first-order valence-corrected chi connectivity index (χ1v) is 6.89. The molecule has 0 fully saturated rings. The Morgan fingerprint density at radius 1 is 1.26 bits per heavy atom. The SMILES string of the molecule is O=C(CCc1ccccc1O)N/N=C/c1cccc([N+](=O)[O-])c1. The minimum absolute atomic E-state index is 0.0418. The van der Waals surface area contributed by atoms with Crippen LogP contribution in [0.4, 0.5) is 5.69 Å². The van der Waals surface area contributed by atoms with Gasteiger partial charge in [-0.25, -0.2) is 5.43 Å². The molecule has 23 heavy (non-hydrogen) atoms. The molecule has 0 saturated carbocycles. The van der Waals surface area contributed by atoms with Crippen LogP contribution in [0.5, 0.6) is 5.75 Å². The number of para-hydroxylation sites is 1. The summed E-state index contributed by atoms with van der Waals surface area (Å²) in [4.78, 5) is 21.8. The summed E-state index contributed by atoms with van der Waals surface area (Å²) in [6, 6.07) is 12.7. The molecule has 0 aromatic heterocycles. The molecular weight excluding hydrogens is 298 g/mol. The van der Waals surface area contributed by atoms with Crippen molar-refractivity contribution in [3.8, 4) is 5.75 Å². The molecule has 0 saturated heterocycles. The van der Waals surface area contributed by atoms with E-state index >= 15 is 0 Å². The Morgan fingerprint density at radius 2 is 2.04 bits per heavy atom. The van der Waals surface area contributed by atoms with Gasteiger partial charge in [-0.05, 0) is 18.1 Å². The third-order valence-corrected chi connectivity index (χ3v) is 3.10. The Kier molecular flexibility index (Phi) is 5.40. The molecule has 0 aliphatic carbocycles. The van der Waals surface area contributed by atoms with Gasteiger partial charge >= 0.3 is 0 Å². The molecule has 2 rings (SSSR count). The van der Waals surface area contributed by atoms with Crippen LogP contribution in [-0.4, -0.2) is 22.2 Å². The molecular formula is C16H15N3O4. The number of non-ortho nitro benzene ring substituents is 1. The summed E-state index contributed by atoms with van der Waals surface area (Å²) in [5.41, 5.74) is 3.51. The van der Waals surface area contributed by atoms with Crippen molar-refractivity contribution in [2.45, 2.75) is 12.8 Å². The van der Waals surface area contributed by atoms with Crippen molar-refractivity contribution in [2.75, 3.05) is 0 Å². The number of carbonyl (C=O) groups is 1. The lowest BCUT2D eigenvalue weighted by molar-refractivity contribution is -0.384. The number of nitrogens with zero attached hydrogens (tertiary/aromatic N) is 2. The fourth-order valence-corrected chi connectivity index (χ4v) is 1.92. The summed E-state index contributed by atoms with van der Waals surface area (Å²) in [6.07, 6.45) is 1.90. The van der Waals surface area contributed by atoms with Gasteiger partial charge < -0.3 is 5.11 Å². The van der Waals surface area contributed by atoms with Crippen LogP contribution in [0.25, 0.3) is 0 Å². The minimum Gasteiger partial charge on any atom is -0.508 e. The van der Waals surface area contributed by atoms with Crippen LogP contribution in [0, 0.1) is 10.1 Å². The number of nitro groups is 1. The molecule has 7 heteroatoms. The molecule has 0 aliphatic heterocycles. The Morgan fingerprint density at radius 3 is 2.78 bits per heavy atom. The summed E-state index contributed by atoms with van der Waals surface area (Å²) in [5, 5.41) is 24.0. The molecule has 0 radical (unpaired) electrons. The number of hydrogen-bond donors (Lipinski definition) is 2. The predicted molar refractivity (Wildman–Crippen MR) is 85.3 cm³/mol. The number of phenols is 1. The zero-order valence-corrected chi connectivity index (χ0v) is 12.2. The summed E-state index contributed by atoms with van der Waals surface area (Å²) in [7, 11) is 0. The van der Waals surface area contributed by atoms with E-state index in [0.717, 1.165) is 0 Å². The maximum atomic E-state index is 11.7. The number of aromatic hydroxyl groups is 1. The number of phenolic OH excluding ortho intramolecular Hbond substituents is 1. The molecule has 0 bridgehead atoms. The van der Waals surface area contributed by atoms with Gasteiger partial charge in [-0.3, -0.25) is 14.9 Å². The molecule has 2 aromatic rings. The van der Waals surface area contributed by atoms with Crippen LogP contribution in [0.3, 0.4) is 0 Å². The highest BCUT2D eigenvalue weighted by Gasteiger charge is 2.05. The van der Waals surface area contributed by atoms with Crippen molar-refractivity contribution in [2.24, 2.45) is 5.10 Å². The normalized spacial score (nSPS) is 10.6. The van der Waals surface area contributed by atoms with Crippen LogP contribution in [0.2, 0.25) is 0 Å². The van der Waals surface area contributed by atoms with Crippen molar-refractivity contribution in [3.63, 3.8) is 0 Å². The van der Waals surface area contributed by atoms with E-state index in [1.807, 2.05) is 0 Å². The van der Waals surface area contributed by atoms with Gasteiger partial charge in [0.15, 0.2) is 0 Å². The molecule has 0 aliphatic rings. The van der Waals surface area contributed by atoms with E-state index in [1.54, 1.807) is 36.4 Å². The first kappa shape index (κ1) is 16.2. The summed E-state index contributed by atoms with van der Waals surface area (Å²) in [6.45, 7) is 0. The molecule has 2 aromatic carbocycles. The monoisotopic (exact) mass is 313 g/mol. The van der Waals surface area contributed by atoms with Crippen LogP contribution >= 0.6 is 0 Å². The van der Waals surface area contributed by atoms with Crippen LogP contribution < -0.4 is 5.43 Å². The van der Waals surface area contributed by atoms with E-state index in [9.17, 15) is 20.0 Å².